The van der Waals surface area contributed by atoms with Gasteiger partial charge in [0.15, 0.2) is 5.96 Å². The van der Waals surface area contributed by atoms with Gasteiger partial charge >= 0.3 is 0 Å². The lowest BCUT2D eigenvalue weighted by Crippen LogP contribution is -2.47. The number of carbonyl (C=O) groups excluding carboxylic acids is 1. The number of hydrogen-bond donors (Lipinski definition) is 2. The minimum absolute atomic E-state index is 0.127. The molecule has 0 saturated carbocycles. The highest BCUT2D eigenvalue weighted by atomic mass is 32.1. The largest absolute Gasteiger partial charge is 0.378 e. The number of ether oxygens (including phenoxy) is 1. The van der Waals surface area contributed by atoms with Gasteiger partial charge in [0.25, 0.3) is 0 Å². The zero-order chi connectivity index (χ0) is 21.3. The fourth-order valence-electron chi connectivity index (χ4n) is 3.45. The summed E-state index contributed by atoms with van der Waals surface area (Å²) in [5.74, 6) is 0.556. The maximum atomic E-state index is 13.3. The molecule has 2 aromatic rings. The molecule has 1 aliphatic heterocycles. The van der Waals surface area contributed by atoms with E-state index in [1.54, 1.807) is 11.3 Å². The number of carbonyl (C=O) groups is 1. The first-order valence-electron chi connectivity index (χ1n) is 10.4. The molecule has 1 aromatic heterocycles. The fraction of sp³-hybridized carbons (Fsp3) is 0.500. The molecule has 1 aromatic carbocycles. The van der Waals surface area contributed by atoms with Crippen LogP contribution in [-0.2, 0) is 16.1 Å². The number of aryl methyl sites for hydroxylation is 2. The first-order chi connectivity index (χ1) is 14.6. The molecule has 0 bridgehead atoms. The Kier molecular flexibility index (Phi) is 8.21. The average molecular weight is 430 g/mol. The van der Waals surface area contributed by atoms with Gasteiger partial charge in [-0.25, -0.2) is 9.98 Å². The van der Waals surface area contributed by atoms with Crippen molar-refractivity contribution < 1.29 is 9.53 Å². The molecular formula is C22H31N5O2S. The zero-order valence-corrected chi connectivity index (χ0v) is 18.8. The first kappa shape index (κ1) is 22.2. The Morgan fingerprint density at radius 2 is 1.97 bits per heavy atom. The van der Waals surface area contributed by atoms with E-state index in [2.05, 4.69) is 15.6 Å². The minimum Gasteiger partial charge on any atom is -0.378 e. The van der Waals surface area contributed by atoms with Crippen molar-refractivity contribution in [2.45, 2.75) is 33.2 Å². The van der Waals surface area contributed by atoms with Gasteiger partial charge in [0.2, 0.25) is 5.91 Å². The molecule has 162 valence electrons. The number of aliphatic imine (C=N–C) groups is 1. The van der Waals surface area contributed by atoms with E-state index >= 15 is 0 Å². The van der Waals surface area contributed by atoms with Gasteiger partial charge in [-0.3, -0.25) is 4.79 Å². The Morgan fingerprint density at radius 3 is 2.60 bits per heavy atom. The van der Waals surface area contributed by atoms with E-state index in [9.17, 15) is 4.79 Å². The summed E-state index contributed by atoms with van der Waals surface area (Å²) >= 11 is 1.67. The summed E-state index contributed by atoms with van der Waals surface area (Å²) in [6, 6.07) is 9.95. The highest BCUT2D eigenvalue weighted by molar-refractivity contribution is 7.11. The summed E-state index contributed by atoms with van der Waals surface area (Å²) in [6.07, 6.45) is 0. The third kappa shape index (κ3) is 6.03. The quantitative estimate of drug-likeness (QED) is 0.522. The van der Waals surface area contributed by atoms with Gasteiger partial charge in [-0.15, -0.1) is 11.3 Å². The lowest BCUT2D eigenvalue weighted by atomic mass is 9.97. The summed E-state index contributed by atoms with van der Waals surface area (Å²) in [4.78, 5) is 25.5. The maximum absolute atomic E-state index is 13.3. The number of morpholine rings is 1. The molecule has 1 unspecified atom stereocenters. The van der Waals surface area contributed by atoms with E-state index in [4.69, 9.17) is 9.73 Å². The molecule has 7 nitrogen and oxygen atoms in total. The summed E-state index contributed by atoms with van der Waals surface area (Å²) in [6.45, 7) is 10.3. The Balaban J connectivity index is 1.72. The molecule has 3 rings (SSSR count). The molecule has 0 aliphatic carbocycles. The third-order valence-corrected chi connectivity index (χ3v) is 6.08. The van der Waals surface area contributed by atoms with Crippen molar-refractivity contribution in [3.63, 3.8) is 0 Å². The zero-order valence-electron chi connectivity index (χ0n) is 18.0. The molecule has 0 spiro atoms. The van der Waals surface area contributed by atoms with Gasteiger partial charge in [-0.1, -0.05) is 30.3 Å². The van der Waals surface area contributed by atoms with Crippen molar-refractivity contribution in [3.05, 3.63) is 51.5 Å². The standard InChI is InChI=1S/C22H31N5O2S/c1-4-23-22(25-15-20-16(2)26-17(3)30-20)24-14-19(18-8-6-5-7-9-18)21(28)27-10-12-29-13-11-27/h5-9,19H,4,10-15H2,1-3H3,(H2,23,24,25). The monoisotopic (exact) mass is 429 g/mol. The van der Waals surface area contributed by atoms with Crippen LogP contribution in [0.4, 0.5) is 0 Å². The number of nitrogens with zero attached hydrogens (tertiary/aromatic N) is 3. The molecule has 1 amide bonds. The van der Waals surface area contributed by atoms with Gasteiger partial charge in [-0.2, -0.15) is 0 Å². The minimum atomic E-state index is -0.277. The topological polar surface area (TPSA) is 78.8 Å². The van der Waals surface area contributed by atoms with E-state index in [0.717, 1.165) is 27.7 Å². The molecule has 2 heterocycles. The van der Waals surface area contributed by atoms with Crippen molar-refractivity contribution >= 4 is 23.2 Å². The van der Waals surface area contributed by atoms with E-state index in [1.807, 2.05) is 56.0 Å². The Bertz CT molecular complexity index is 846. The second-order valence-corrected chi connectivity index (χ2v) is 8.51. The van der Waals surface area contributed by atoms with Crippen molar-refractivity contribution in [1.29, 1.82) is 0 Å². The molecule has 30 heavy (non-hydrogen) atoms. The number of amides is 1. The molecule has 0 radical (unpaired) electrons. The van der Waals surface area contributed by atoms with Crippen LogP contribution in [0.1, 0.15) is 34.0 Å². The predicted octanol–water partition coefficient (Wildman–Crippen LogP) is 2.46. The Morgan fingerprint density at radius 1 is 1.23 bits per heavy atom. The number of nitrogens with one attached hydrogen (secondary N) is 2. The van der Waals surface area contributed by atoms with Crippen LogP contribution in [0.3, 0.4) is 0 Å². The number of thiazole rings is 1. The Labute approximate surface area is 182 Å². The molecule has 1 saturated heterocycles. The van der Waals surface area contributed by atoms with E-state index in [1.165, 1.54) is 0 Å². The Hall–Kier alpha value is -2.45. The smallest absolute Gasteiger partial charge is 0.232 e. The van der Waals surface area contributed by atoms with E-state index in [-0.39, 0.29) is 11.8 Å². The number of guanidine groups is 1. The van der Waals surface area contributed by atoms with Crippen LogP contribution in [-0.4, -0.2) is 61.1 Å². The number of aromatic nitrogens is 1. The molecule has 2 N–H and O–H groups in total. The molecule has 1 atom stereocenters. The predicted molar refractivity (Wildman–Crippen MR) is 121 cm³/mol. The van der Waals surface area contributed by atoms with Crippen molar-refractivity contribution in [2.24, 2.45) is 4.99 Å². The van der Waals surface area contributed by atoms with Gasteiger partial charge < -0.3 is 20.3 Å². The second-order valence-electron chi connectivity index (χ2n) is 7.22. The van der Waals surface area contributed by atoms with Crippen LogP contribution in [0.15, 0.2) is 35.3 Å². The SMILES string of the molecule is CCNC(=NCc1sc(C)nc1C)NCC(C(=O)N1CCOCC1)c1ccccc1. The van der Waals surface area contributed by atoms with Crippen LogP contribution in [0.5, 0.6) is 0 Å². The van der Waals surface area contributed by atoms with Crippen LogP contribution in [0, 0.1) is 13.8 Å². The number of hydrogen-bond acceptors (Lipinski definition) is 5. The maximum Gasteiger partial charge on any atom is 0.232 e. The molecule has 1 fully saturated rings. The third-order valence-electron chi connectivity index (χ3n) is 5.02. The first-order valence-corrected chi connectivity index (χ1v) is 11.3. The van der Waals surface area contributed by atoms with Gasteiger partial charge in [-0.05, 0) is 26.3 Å². The van der Waals surface area contributed by atoms with Crippen molar-refractivity contribution in [2.75, 3.05) is 39.4 Å². The van der Waals surface area contributed by atoms with Crippen molar-refractivity contribution in [3.8, 4) is 0 Å². The molecular weight excluding hydrogens is 398 g/mol. The summed E-state index contributed by atoms with van der Waals surface area (Å²) < 4.78 is 5.41. The number of benzene rings is 1. The lowest BCUT2D eigenvalue weighted by molar-refractivity contribution is -0.136. The molecule has 8 heteroatoms. The van der Waals surface area contributed by atoms with E-state index < -0.39 is 0 Å². The van der Waals surface area contributed by atoms with Crippen LogP contribution in [0.25, 0.3) is 0 Å². The average Bonchev–Trinajstić information content (AvgIpc) is 3.10. The van der Waals surface area contributed by atoms with Crippen LogP contribution < -0.4 is 10.6 Å². The van der Waals surface area contributed by atoms with Crippen molar-refractivity contribution in [1.82, 2.24) is 20.5 Å². The van der Waals surface area contributed by atoms with Crippen LogP contribution >= 0.6 is 11.3 Å². The second kappa shape index (κ2) is 11.1. The van der Waals surface area contributed by atoms with Gasteiger partial charge in [0.1, 0.15) is 0 Å². The number of rotatable bonds is 7. The molecule has 1 aliphatic rings. The van der Waals surface area contributed by atoms with Gasteiger partial charge in [0, 0.05) is 31.1 Å². The highest BCUT2D eigenvalue weighted by Gasteiger charge is 2.27. The van der Waals surface area contributed by atoms with E-state index in [0.29, 0.717) is 45.4 Å². The summed E-state index contributed by atoms with van der Waals surface area (Å²) in [5.41, 5.74) is 2.04. The summed E-state index contributed by atoms with van der Waals surface area (Å²) in [5, 5.41) is 7.71. The highest BCUT2D eigenvalue weighted by Crippen LogP contribution is 2.20. The normalized spacial score (nSPS) is 15.7. The summed E-state index contributed by atoms with van der Waals surface area (Å²) in [7, 11) is 0. The fourth-order valence-corrected chi connectivity index (χ4v) is 4.31. The van der Waals surface area contributed by atoms with Gasteiger partial charge in [0.05, 0.1) is 36.4 Å². The lowest BCUT2D eigenvalue weighted by Gasteiger charge is -2.31. The van der Waals surface area contributed by atoms with Crippen LogP contribution in [0.2, 0.25) is 0 Å².